The molecular weight excluding hydrogens is 276 g/mol. The summed E-state index contributed by atoms with van der Waals surface area (Å²) >= 11 is 6.00. The molecule has 1 N–H and O–H groups in total. The standard InChI is InChI=1S/C15H21ClN2O2/c1-10(2)8-14-13(4-3-7-20-14)18-15(19)11-5-6-17-9-12(11)16/h5-6,9-10,13-14H,3-4,7-8H2,1-2H3,(H,18,19)/t13-,14-/m0/s1. The number of nitrogens with one attached hydrogen (secondary N) is 1. The van der Waals surface area contributed by atoms with Gasteiger partial charge in [-0.1, -0.05) is 25.4 Å². The van der Waals surface area contributed by atoms with Gasteiger partial charge in [0.1, 0.15) is 0 Å². The molecule has 0 unspecified atom stereocenters. The highest BCUT2D eigenvalue weighted by Gasteiger charge is 2.28. The van der Waals surface area contributed by atoms with Crippen molar-refractivity contribution in [3.05, 3.63) is 29.0 Å². The first-order chi connectivity index (χ1) is 9.58. The second-order valence-corrected chi connectivity index (χ2v) is 6.02. The molecule has 1 aromatic rings. The molecule has 0 aliphatic carbocycles. The van der Waals surface area contributed by atoms with Crippen molar-refractivity contribution in [2.45, 2.75) is 45.3 Å². The van der Waals surface area contributed by atoms with Gasteiger partial charge in [-0.15, -0.1) is 0 Å². The Morgan fingerprint density at radius 3 is 3.10 bits per heavy atom. The molecule has 110 valence electrons. The van der Waals surface area contributed by atoms with Crippen LogP contribution in [-0.2, 0) is 4.74 Å². The fourth-order valence-corrected chi connectivity index (χ4v) is 2.71. The van der Waals surface area contributed by atoms with Crippen molar-refractivity contribution in [3.63, 3.8) is 0 Å². The Labute approximate surface area is 124 Å². The Balaban J connectivity index is 2.03. The molecule has 0 saturated carbocycles. The van der Waals surface area contributed by atoms with Crippen LogP contribution in [0.2, 0.25) is 5.02 Å². The third-order valence-corrected chi connectivity index (χ3v) is 3.78. The van der Waals surface area contributed by atoms with Gasteiger partial charge in [-0.25, -0.2) is 0 Å². The van der Waals surface area contributed by atoms with E-state index in [1.807, 2.05) is 0 Å². The molecule has 20 heavy (non-hydrogen) atoms. The van der Waals surface area contributed by atoms with Crippen LogP contribution in [-0.4, -0.2) is 29.6 Å². The molecule has 1 amide bonds. The van der Waals surface area contributed by atoms with E-state index in [1.165, 1.54) is 6.20 Å². The molecule has 2 atom stereocenters. The average molecular weight is 297 g/mol. The first kappa shape index (κ1) is 15.3. The molecule has 5 heteroatoms. The van der Waals surface area contributed by atoms with E-state index < -0.39 is 0 Å². The largest absolute Gasteiger partial charge is 0.376 e. The normalized spacial score (nSPS) is 22.8. The zero-order valence-corrected chi connectivity index (χ0v) is 12.7. The van der Waals surface area contributed by atoms with Gasteiger partial charge < -0.3 is 10.1 Å². The molecule has 1 aliphatic rings. The first-order valence-electron chi connectivity index (χ1n) is 7.10. The number of hydrogen-bond donors (Lipinski definition) is 1. The number of rotatable bonds is 4. The molecule has 1 fully saturated rings. The van der Waals surface area contributed by atoms with Crippen molar-refractivity contribution in [2.24, 2.45) is 5.92 Å². The van der Waals surface area contributed by atoms with Crippen LogP contribution in [0.1, 0.15) is 43.5 Å². The predicted molar refractivity (Wildman–Crippen MR) is 78.9 cm³/mol. The van der Waals surface area contributed by atoms with Crippen LogP contribution in [0.4, 0.5) is 0 Å². The van der Waals surface area contributed by atoms with Gasteiger partial charge in [-0.05, 0) is 31.2 Å². The van der Waals surface area contributed by atoms with E-state index in [9.17, 15) is 4.79 Å². The lowest BCUT2D eigenvalue weighted by Gasteiger charge is -2.33. The highest BCUT2D eigenvalue weighted by molar-refractivity contribution is 6.33. The molecule has 1 aromatic heterocycles. The van der Waals surface area contributed by atoms with Crippen LogP contribution in [0.5, 0.6) is 0 Å². The molecule has 0 bridgehead atoms. The van der Waals surface area contributed by atoms with Gasteiger partial charge in [-0.3, -0.25) is 9.78 Å². The fourth-order valence-electron chi connectivity index (χ4n) is 2.51. The molecule has 1 saturated heterocycles. The van der Waals surface area contributed by atoms with E-state index >= 15 is 0 Å². The van der Waals surface area contributed by atoms with E-state index in [-0.39, 0.29) is 18.1 Å². The van der Waals surface area contributed by atoms with Gasteiger partial charge in [-0.2, -0.15) is 0 Å². The van der Waals surface area contributed by atoms with Gasteiger partial charge in [0.25, 0.3) is 5.91 Å². The number of hydrogen-bond acceptors (Lipinski definition) is 3. The summed E-state index contributed by atoms with van der Waals surface area (Å²) in [4.78, 5) is 16.2. The number of aromatic nitrogens is 1. The summed E-state index contributed by atoms with van der Waals surface area (Å²) in [7, 11) is 0. The SMILES string of the molecule is CC(C)C[C@@H]1OCCC[C@@H]1NC(=O)c1ccncc1Cl. The molecular formula is C15H21ClN2O2. The highest BCUT2D eigenvalue weighted by atomic mass is 35.5. The highest BCUT2D eigenvalue weighted by Crippen LogP contribution is 2.21. The smallest absolute Gasteiger partial charge is 0.253 e. The second-order valence-electron chi connectivity index (χ2n) is 5.62. The summed E-state index contributed by atoms with van der Waals surface area (Å²) in [6, 6.07) is 1.70. The van der Waals surface area contributed by atoms with Crippen molar-refractivity contribution in [1.82, 2.24) is 10.3 Å². The van der Waals surface area contributed by atoms with Gasteiger partial charge in [0.15, 0.2) is 0 Å². The van der Waals surface area contributed by atoms with Crippen molar-refractivity contribution >= 4 is 17.5 Å². The van der Waals surface area contributed by atoms with Crippen LogP contribution in [0, 0.1) is 5.92 Å². The quantitative estimate of drug-likeness (QED) is 0.929. The van der Waals surface area contributed by atoms with Crippen molar-refractivity contribution < 1.29 is 9.53 Å². The minimum Gasteiger partial charge on any atom is -0.376 e. The Kier molecular flexibility index (Phi) is 5.38. The number of nitrogens with zero attached hydrogens (tertiary/aromatic N) is 1. The van der Waals surface area contributed by atoms with E-state index in [0.717, 1.165) is 25.9 Å². The predicted octanol–water partition coefficient (Wildman–Crippen LogP) is 3.06. The maximum Gasteiger partial charge on any atom is 0.253 e. The summed E-state index contributed by atoms with van der Waals surface area (Å²) in [6.07, 6.45) is 6.03. The Morgan fingerprint density at radius 1 is 1.60 bits per heavy atom. The Bertz CT molecular complexity index is 465. The van der Waals surface area contributed by atoms with E-state index in [2.05, 4.69) is 24.1 Å². The topological polar surface area (TPSA) is 51.2 Å². The summed E-state index contributed by atoms with van der Waals surface area (Å²) in [6.45, 7) is 5.10. The fraction of sp³-hybridized carbons (Fsp3) is 0.600. The zero-order valence-electron chi connectivity index (χ0n) is 11.9. The van der Waals surface area contributed by atoms with Gasteiger partial charge in [0.2, 0.25) is 0 Å². The maximum absolute atomic E-state index is 12.3. The molecule has 1 aliphatic heterocycles. The lowest BCUT2D eigenvalue weighted by molar-refractivity contribution is -0.0186. The monoisotopic (exact) mass is 296 g/mol. The zero-order chi connectivity index (χ0) is 14.5. The van der Waals surface area contributed by atoms with E-state index in [4.69, 9.17) is 16.3 Å². The summed E-state index contributed by atoms with van der Waals surface area (Å²) < 4.78 is 5.81. The van der Waals surface area contributed by atoms with Crippen LogP contribution in [0.3, 0.4) is 0 Å². The van der Waals surface area contributed by atoms with Gasteiger partial charge in [0.05, 0.1) is 22.7 Å². The molecule has 0 aromatic carbocycles. The van der Waals surface area contributed by atoms with Crippen LogP contribution in [0.15, 0.2) is 18.5 Å². The van der Waals surface area contributed by atoms with Crippen molar-refractivity contribution in [1.29, 1.82) is 0 Å². The lowest BCUT2D eigenvalue weighted by atomic mass is 9.94. The third kappa shape index (κ3) is 3.93. The van der Waals surface area contributed by atoms with Crippen LogP contribution in [0.25, 0.3) is 0 Å². The van der Waals surface area contributed by atoms with Gasteiger partial charge in [0, 0.05) is 19.0 Å². The van der Waals surface area contributed by atoms with Crippen LogP contribution >= 0.6 is 11.6 Å². The summed E-state index contributed by atoms with van der Waals surface area (Å²) in [5, 5.41) is 3.43. The number of ether oxygens (including phenoxy) is 1. The maximum atomic E-state index is 12.3. The lowest BCUT2D eigenvalue weighted by Crippen LogP contribution is -2.47. The number of pyridine rings is 1. The molecule has 0 radical (unpaired) electrons. The number of amides is 1. The Morgan fingerprint density at radius 2 is 2.40 bits per heavy atom. The van der Waals surface area contributed by atoms with E-state index in [1.54, 1.807) is 12.3 Å². The van der Waals surface area contributed by atoms with Crippen molar-refractivity contribution in [3.8, 4) is 0 Å². The number of carbonyl (C=O) groups is 1. The number of carbonyl (C=O) groups excluding carboxylic acids is 1. The second kappa shape index (κ2) is 7.04. The third-order valence-electron chi connectivity index (χ3n) is 3.48. The minimum absolute atomic E-state index is 0.0582. The Hall–Kier alpha value is -1.13. The number of halogens is 1. The average Bonchev–Trinajstić information content (AvgIpc) is 2.41. The van der Waals surface area contributed by atoms with Crippen molar-refractivity contribution in [2.75, 3.05) is 6.61 Å². The molecule has 2 rings (SSSR count). The summed E-state index contributed by atoms with van der Waals surface area (Å²) in [5.74, 6) is 0.392. The van der Waals surface area contributed by atoms with Gasteiger partial charge >= 0.3 is 0 Å². The van der Waals surface area contributed by atoms with E-state index in [0.29, 0.717) is 16.5 Å². The molecule has 4 nitrogen and oxygen atoms in total. The first-order valence-corrected chi connectivity index (χ1v) is 7.47. The summed E-state index contributed by atoms with van der Waals surface area (Å²) in [5.41, 5.74) is 0.468. The van der Waals surface area contributed by atoms with Crippen LogP contribution < -0.4 is 5.32 Å². The minimum atomic E-state index is -0.151. The molecule has 2 heterocycles. The molecule has 0 spiro atoms.